The van der Waals surface area contributed by atoms with E-state index in [1.807, 2.05) is 0 Å². The van der Waals surface area contributed by atoms with Gasteiger partial charge in [-0.15, -0.1) is 0 Å². The van der Waals surface area contributed by atoms with E-state index in [0.29, 0.717) is 17.3 Å². The number of hydrogen-bond acceptors (Lipinski definition) is 3. The Kier molecular flexibility index (Phi) is 5.79. The molecule has 32 heavy (non-hydrogen) atoms. The summed E-state index contributed by atoms with van der Waals surface area (Å²) in [6.45, 7) is 9.96. The predicted octanol–water partition coefficient (Wildman–Crippen LogP) is 6.62. The van der Waals surface area contributed by atoms with Crippen LogP contribution >= 0.6 is 0 Å². The van der Waals surface area contributed by atoms with Crippen LogP contribution < -0.4 is 0 Å². The van der Waals surface area contributed by atoms with Gasteiger partial charge in [-0.25, -0.2) is 0 Å². The van der Waals surface area contributed by atoms with Gasteiger partial charge in [-0.3, -0.25) is 4.79 Å². The molecule has 5 fully saturated rings. The monoisotopic (exact) mass is 444 g/mol. The van der Waals surface area contributed by atoms with Gasteiger partial charge in [-0.2, -0.15) is 0 Å². The number of carbonyl (C=O) groups is 1. The molecule has 0 aromatic heterocycles. The minimum atomic E-state index is -0.389. The third-order valence-corrected chi connectivity index (χ3v) is 12.2. The molecule has 0 aromatic rings. The average molecular weight is 445 g/mol. The van der Waals surface area contributed by atoms with Gasteiger partial charge < -0.3 is 9.84 Å². The molecule has 0 aliphatic heterocycles. The van der Waals surface area contributed by atoms with Crippen molar-refractivity contribution in [3.05, 3.63) is 0 Å². The van der Waals surface area contributed by atoms with Gasteiger partial charge in [-0.1, -0.05) is 27.7 Å². The number of methoxy groups -OCH3 is 1. The van der Waals surface area contributed by atoms with Crippen molar-refractivity contribution >= 4 is 5.97 Å². The third-order valence-electron chi connectivity index (χ3n) is 12.2. The molecule has 0 bridgehead atoms. The lowest BCUT2D eigenvalue weighted by atomic mass is 9.43. The summed E-state index contributed by atoms with van der Waals surface area (Å²) in [5, 5.41) is 11.1. The van der Waals surface area contributed by atoms with Gasteiger partial charge in [0, 0.05) is 6.42 Å². The zero-order chi connectivity index (χ0) is 22.9. The number of hydrogen-bond donors (Lipinski definition) is 1. The van der Waals surface area contributed by atoms with Crippen molar-refractivity contribution in [3.8, 4) is 0 Å². The lowest BCUT2D eigenvalue weighted by Crippen LogP contribution is -2.56. The number of ether oxygens (including phenoxy) is 1. The molecule has 0 radical (unpaired) electrons. The molecule has 0 saturated heterocycles. The van der Waals surface area contributed by atoms with Crippen LogP contribution in [0.1, 0.15) is 105 Å². The number of esters is 1. The van der Waals surface area contributed by atoms with Gasteiger partial charge >= 0.3 is 5.97 Å². The Balaban J connectivity index is 1.31. The van der Waals surface area contributed by atoms with Crippen LogP contribution in [-0.4, -0.2) is 23.8 Å². The lowest BCUT2D eigenvalue weighted by Gasteiger charge is -2.63. The molecule has 5 saturated carbocycles. The van der Waals surface area contributed by atoms with Gasteiger partial charge in [0.15, 0.2) is 0 Å². The van der Waals surface area contributed by atoms with E-state index >= 15 is 0 Å². The Morgan fingerprint density at radius 3 is 2.56 bits per heavy atom. The molecule has 5 aliphatic carbocycles. The fourth-order valence-corrected chi connectivity index (χ4v) is 10.6. The number of carbonyl (C=O) groups excluding carboxylic acids is 1. The van der Waals surface area contributed by atoms with Crippen LogP contribution in [-0.2, 0) is 9.53 Å². The van der Waals surface area contributed by atoms with E-state index in [0.717, 1.165) is 73.0 Å². The van der Waals surface area contributed by atoms with E-state index in [2.05, 4.69) is 27.7 Å². The van der Waals surface area contributed by atoms with Crippen molar-refractivity contribution in [2.24, 2.45) is 58.2 Å². The summed E-state index contributed by atoms with van der Waals surface area (Å²) in [6.07, 6.45) is 14.1. The van der Waals surface area contributed by atoms with Gasteiger partial charge in [0.2, 0.25) is 0 Å². The molecular formula is C29H48O3. The van der Waals surface area contributed by atoms with Crippen LogP contribution in [0.5, 0.6) is 0 Å². The zero-order valence-electron chi connectivity index (χ0n) is 21.4. The van der Waals surface area contributed by atoms with Crippen LogP contribution in [0.3, 0.4) is 0 Å². The molecule has 5 rings (SSSR count). The first kappa shape index (κ1) is 23.2. The highest BCUT2D eigenvalue weighted by atomic mass is 16.5. The Morgan fingerprint density at radius 2 is 1.84 bits per heavy atom. The molecule has 0 aromatic carbocycles. The molecule has 0 unspecified atom stereocenters. The summed E-state index contributed by atoms with van der Waals surface area (Å²) in [5.74, 6) is 6.95. The van der Waals surface area contributed by atoms with Crippen molar-refractivity contribution in [2.75, 3.05) is 7.11 Å². The maximum Gasteiger partial charge on any atom is 0.305 e. The van der Waals surface area contributed by atoms with E-state index in [1.165, 1.54) is 52.1 Å². The first-order valence-corrected chi connectivity index (χ1v) is 14.0. The Labute approximate surface area is 196 Å². The average Bonchev–Trinajstić information content (AvgIpc) is 3.47. The van der Waals surface area contributed by atoms with E-state index < -0.39 is 0 Å². The standard InChI is InChI=1S/C29H48O3/c1-6-29(31)15-14-27(3)19(17-29)10-11-20-23(27)12-13-28(4)25(21-16-22(21)26(20)28)18(2)8-7-9-24(30)32-5/h18-23,25-26,31H,6-17H2,1-5H3/t18-,19+,20-,21+,22-,23+,25+,26-,27+,28-,29+/m1/s1. The SMILES string of the molecule is CC[C@]1(O)CC[C@@]2(C)[C@@H](CC[C@H]3[C@@H]4[C@@H]5C[C@@H]5[C@H]([C@H](C)CCCC(=O)OC)[C@@]4(C)CC[C@@H]32)C1. The maximum absolute atomic E-state index is 11.6. The van der Waals surface area contributed by atoms with Gasteiger partial charge in [0.1, 0.15) is 0 Å². The minimum Gasteiger partial charge on any atom is -0.469 e. The molecule has 3 nitrogen and oxygen atoms in total. The summed E-state index contributed by atoms with van der Waals surface area (Å²) >= 11 is 0. The van der Waals surface area contributed by atoms with Crippen molar-refractivity contribution in [3.63, 3.8) is 0 Å². The Morgan fingerprint density at radius 1 is 1.06 bits per heavy atom. The summed E-state index contributed by atoms with van der Waals surface area (Å²) in [5.41, 5.74) is 0.585. The first-order valence-electron chi connectivity index (χ1n) is 14.0. The van der Waals surface area contributed by atoms with Crippen molar-refractivity contribution in [2.45, 2.75) is 110 Å². The second-order valence-electron chi connectivity index (χ2n) is 13.4. The number of aliphatic hydroxyl groups is 1. The summed E-state index contributed by atoms with van der Waals surface area (Å²) in [7, 11) is 1.51. The summed E-state index contributed by atoms with van der Waals surface area (Å²) < 4.78 is 4.87. The Hall–Kier alpha value is -0.570. The molecule has 0 amide bonds. The highest BCUT2D eigenvalue weighted by Gasteiger charge is 2.71. The molecule has 1 N–H and O–H groups in total. The lowest BCUT2D eigenvalue weighted by molar-refractivity contribution is -0.158. The van der Waals surface area contributed by atoms with E-state index in [9.17, 15) is 9.90 Å². The molecule has 0 spiro atoms. The topological polar surface area (TPSA) is 46.5 Å². The van der Waals surface area contributed by atoms with E-state index in [4.69, 9.17) is 4.74 Å². The summed E-state index contributed by atoms with van der Waals surface area (Å²) in [6, 6.07) is 0. The molecular weight excluding hydrogens is 396 g/mol. The highest BCUT2D eigenvalue weighted by Crippen LogP contribution is 2.77. The van der Waals surface area contributed by atoms with Crippen LogP contribution in [0.2, 0.25) is 0 Å². The van der Waals surface area contributed by atoms with Gasteiger partial charge in [0.05, 0.1) is 12.7 Å². The largest absolute Gasteiger partial charge is 0.469 e. The Bertz CT molecular complexity index is 734. The fraction of sp³-hybridized carbons (Fsp3) is 0.966. The normalized spacial score (nSPS) is 52.2. The van der Waals surface area contributed by atoms with Crippen LogP contribution in [0, 0.1) is 58.2 Å². The molecule has 0 heterocycles. The molecule has 182 valence electrons. The minimum absolute atomic E-state index is 0.0510. The molecule has 3 heteroatoms. The smallest absolute Gasteiger partial charge is 0.305 e. The van der Waals surface area contributed by atoms with Crippen LogP contribution in [0.15, 0.2) is 0 Å². The second kappa shape index (κ2) is 7.99. The van der Waals surface area contributed by atoms with Crippen molar-refractivity contribution in [1.82, 2.24) is 0 Å². The second-order valence-corrected chi connectivity index (χ2v) is 13.4. The van der Waals surface area contributed by atoms with Gasteiger partial charge in [0.25, 0.3) is 0 Å². The molecule has 11 atom stereocenters. The van der Waals surface area contributed by atoms with Crippen LogP contribution in [0.25, 0.3) is 0 Å². The van der Waals surface area contributed by atoms with Gasteiger partial charge in [-0.05, 0) is 129 Å². The predicted molar refractivity (Wildman–Crippen MR) is 128 cm³/mol. The zero-order valence-corrected chi connectivity index (χ0v) is 21.4. The quantitative estimate of drug-likeness (QED) is 0.468. The summed E-state index contributed by atoms with van der Waals surface area (Å²) in [4.78, 5) is 11.6. The highest BCUT2D eigenvalue weighted by molar-refractivity contribution is 5.68. The molecule has 5 aliphatic rings. The third kappa shape index (κ3) is 3.42. The first-order chi connectivity index (χ1) is 15.2. The van der Waals surface area contributed by atoms with E-state index in [-0.39, 0.29) is 11.6 Å². The van der Waals surface area contributed by atoms with Crippen molar-refractivity contribution in [1.29, 1.82) is 0 Å². The van der Waals surface area contributed by atoms with Crippen LogP contribution in [0.4, 0.5) is 0 Å². The maximum atomic E-state index is 11.6. The number of rotatable bonds is 6. The van der Waals surface area contributed by atoms with Crippen molar-refractivity contribution < 1.29 is 14.6 Å². The fourth-order valence-electron chi connectivity index (χ4n) is 10.6. The number of fused-ring (bicyclic) bond motifs is 7. The van der Waals surface area contributed by atoms with E-state index in [1.54, 1.807) is 0 Å².